The van der Waals surface area contributed by atoms with Crippen LogP contribution in [0.15, 0.2) is 42.7 Å². The summed E-state index contributed by atoms with van der Waals surface area (Å²) in [6.07, 6.45) is 3.76. The average molecular weight is 528 g/mol. The molecule has 1 unspecified atom stereocenters. The molecule has 2 aliphatic heterocycles. The number of amides is 2. The van der Waals surface area contributed by atoms with E-state index in [4.69, 9.17) is 30.5 Å². The van der Waals surface area contributed by atoms with Crippen molar-refractivity contribution in [2.75, 3.05) is 44.8 Å². The predicted octanol–water partition coefficient (Wildman–Crippen LogP) is 3.15. The Labute approximate surface area is 218 Å². The van der Waals surface area contributed by atoms with E-state index in [-0.39, 0.29) is 28.8 Å². The molecule has 2 amide bonds. The van der Waals surface area contributed by atoms with Crippen LogP contribution in [0.3, 0.4) is 0 Å². The molecule has 4 heterocycles. The third-order valence-electron chi connectivity index (χ3n) is 5.86. The van der Waals surface area contributed by atoms with Crippen molar-refractivity contribution < 1.29 is 28.5 Å². The van der Waals surface area contributed by atoms with Gasteiger partial charge in [0, 0.05) is 56.6 Å². The van der Waals surface area contributed by atoms with Crippen molar-refractivity contribution in [2.24, 2.45) is 7.05 Å². The smallest absolute Gasteiger partial charge is 0.257 e. The lowest BCUT2D eigenvalue weighted by Crippen LogP contribution is -2.40. The normalized spacial score (nSPS) is 17.5. The molecule has 0 aliphatic carbocycles. The van der Waals surface area contributed by atoms with Crippen LogP contribution in [0.4, 0.5) is 5.82 Å². The van der Waals surface area contributed by atoms with Crippen molar-refractivity contribution in [3.8, 4) is 17.4 Å². The summed E-state index contributed by atoms with van der Waals surface area (Å²) in [4.78, 5) is 31.7. The Kier molecular flexibility index (Phi) is 7.54. The molecule has 11 nitrogen and oxygen atoms in total. The Morgan fingerprint density at radius 3 is 2.59 bits per heavy atom. The van der Waals surface area contributed by atoms with Gasteiger partial charge in [0.2, 0.25) is 5.88 Å². The van der Waals surface area contributed by atoms with Crippen LogP contribution in [0.2, 0.25) is 5.02 Å². The highest BCUT2D eigenvalue weighted by Crippen LogP contribution is 2.32. The van der Waals surface area contributed by atoms with E-state index < -0.39 is 0 Å². The number of rotatable bonds is 7. The molecule has 2 aromatic heterocycles. The summed E-state index contributed by atoms with van der Waals surface area (Å²) >= 11 is 6.43. The van der Waals surface area contributed by atoms with E-state index in [0.717, 1.165) is 6.42 Å². The molecule has 12 heteroatoms. The SMILES string of the molecule is Cn1ccc(NC(=O)c2cc(Oc3ncc(C(=O)N4CCOCC4)cc3Cl)cc(OC3CCOC3)c2)n1. The Morgan fingerprint density at radius 1 is 1.08 bits per heavy atom. The molecule has 1 aromatic carbocycles. The van der Waals surface area contributed by atoms with Crippen molar-refractivity contribution in [2.45, 2.75) is 12.5 Å². The van der Waals surface area contributed by atoms with Crippen LogP contribution in [0.1, 0.15) is 27.1 Å². The molecular weight excluding hydrogens is 502 g/mol. The fourth-order valence-electron chi connectivity index (χ4n) is 3.98. The number of pyridine rings is 1. The highest BCUT2D eigenvalue weighted by molar-refractivity contribution is 6.32. The summed E-state index contributed by atoms with van der Waals surface area (Å²) in [6.45, 7) is 3.09. The monoisotopic (exact) mass is 527 g/mol. The van der Waals surface area contributed by atoms with E-state index in [2.05, 4.69) is 15.4 Å². The van der Waals surface area contributed by atoms with E-state index in [0.29, 0.717) is 68.0 Å². The molecule has 0 bridgehead atoms. The zero-order valence-electron chi connectivity index (χ0n) is 20.2. The Morgan fingerprint density at radius 2 is 1.89 bits per heavy atom. The summed E-state index contributed by atoms with van der Waals surface area (Å²) in [5, 5.41) is 7.10. The second-order valence-corrected chi connectivity index (χ2v) is 9.05. The topological polar surface area (TPSA) is 117 Å². The summed E-state index contributed by atoms with van der Waals surface area (Å²) in [5.41, 5.74) is 0.653. The Hall–Kier alpha value is -3.67. The zero-order chi connectivity index (χ0) is 25.8. The molecule has 194 valence electrons. The van der Waals surface area contributed by atoms with Gasteiger partial charge in [-0.15, -0.1) is 0 Å². The third kappa shape index (κ3) is 6.19. The summed E-state index contributed by atoms with van der Waals surface area (Å²) in [6, 6.07) is 8.05. The lowest BCUT2D eigenvalue weighted by molar-refractivity contribution is 0.0302. The van der Waals surface area contributed by atoms with Crippen LogP contribution in [-0.4, -0.2) is 77.1 Å². The number of ether oxygens (including phenoxy) is 4. The highest BCUT2D eigenvalue weighted by atomic mass is 35.5. The fourth-order valence-corrected chi connectivity index (χ4v) is 4.18. The first-order valence-electron chi connectivity index (χ1n) is 11.9. The molecule has 0 saturated carbocycles. The standard InChI is InChI=1S/C25H26ClN5O6/c1-30-4-2-22(29-30)28-23(32)16-10-19(36-18-3-7-35-15-18)13-20(11-16)37-24-21(26)12-17(14-27-24)25(33)31-5-8-34-9-6-31/h2,4,10-14,18H,3,5-9,15H2,1H3,(H,28,29,32). The van der Waals surface area contributed by atoms with Crippen molar-refractivity contribution in [3.05, 3.63) is 58.9 Å². The molecule has 37 heavy (non-hydrogen) atoms. The van der Waals surface area contributed by atoms with Gasteiger partial charge < -0.3 is 29.2 Å². The maximum atomic E-state index is 13.0. The zero-order valence-corrected chi connectivity index (χ0v) is 20.9. The van der Waals surface area contributed by atoms with Gasteiger partial charge in [-0.1, -0.05) is 11.6 Å². The molecule has 5 rings (SSSR count). The Balaban J connectivity index is 1.37. The molecule has 3 aromatic rings. The van der Waals surface area contributed by atoms with Gasteiger partial charge in [-0.3, -0.25) is 14.3 Å². The summed E-state index contributed by atoms with van der Waals surface area (Å²) in [7, 11) is 1.76. The third-order valence-corrected chi connectivity index (χ3v) is 6.13. The first-order valence-corrected chi connectivity index (χ1v) is 12.2. The number of aromatic nitrogens is 3. The lowest BCUT2D eigenvalue weighted by atomic mass is 10.1. The van der Waals surface area contributed by atoms with Gasteiger partial charge in [-0.25, -0.2) is 4.98 Å². The minimum absolute atomic E-state index is 0.0950. The largest absolute Gasteiger partial charge is 0.488 e. The number of nitrogens with one attached hydrogen (secondary N) is 1. The molecule has 2 saturated heterocycles. The Bertz CT molecular complexity index is 1290. The van der Waals surface area contributed by atoms with Gasteiger partial charge >= 0.3 is 0 Å². The quantitative estimate of drug-likeness (QED) is 0.498. The molecular formula is C25H26ClN5O6. The molecule has 1 atom stereocenters. The van der Waals surface area contributed by atoms with Crippen LogP contribution < -0.4 is 14.8 Å². The van der Waals surface area contributed by atoms with E-state index in [1.807, 2.05) is 0 Å². The van der Waals surface area contributed by atoms with Crippen molar-refractivity contribution in [3.63, 3.8) is 0 Å². The number of halogens is 1. The van der Waals surface area contributed by atoms with E-state index in [1.165, 1.54) is 12.3 Å². The van der Waals surface area contributed by atoms with Gasteiger partial charge in [0.25, 0.3) is 11.8 Å². The average Bonchev–Trinajstić information content (AvgIpc) is 3.56. The minimum atomic E-state index is -0.387. The van der Waals surface area contributed by atoms with E-state index in [1.54, 1.807) is 47.1 Å². The fraction of sp³-hybridized carbons (Fsp3) is 0.360. The number of anilines is 1. The number of carbonyl (C=O) groups excluding carboxylic acids is 2. The van der Waals surface area contributed by atoms with E-state index in [9.17, 15) is 9.59 Å². The number of morpholine rings is 1. The summed E-state index contributed by atoms with van der Waals surface area (Å²) < 4.78 is 24.3. The van der Waals surface area contributed by atoms with Crippen molar-refractivity contribution >= 4 is 29.2 Å². The van der Waals surface area contributed by atoms with E-state index >= 15 is 0 Å². The highest BCUT2D eigenvalue weighted by Gasteiger charge is 2.22. The van der Waals surface area contributed by atoms with Gasteiger partial charge in [-0.2, -0.15) is 5.10 Å². The predicted molar refractivity (Wildman–Crippen MR) is 133 cm³/mol. The van der Waals surface area contributed by atoms with Crippen LogP contribution in [0, 0.1) is 0 Å². The first kappa shape index (κ1) is 25.0. The van der Waals surface area contributed by atoms with Gasteiger partial charge in [0.05, 0.1) is 32.0 Å². The lowest BCUT2D eigenvalue weighted by Gasteiger charge is -2.26. The summed E-state index contributed by atoms with van der Waals surface area (Å²) in [5.74, 6) is 0.682. The van der Waals surface area contributed by atoms with Crippen molar-refractivity contribution in [1.29, 1.82) is 0 Å². The molecule has 2 aliphatic rings. The number of hydrogen-bond donors (Lipinski definition) is 1. The van der Waals surface area contributed by atoms with Crippen molar-refractivity contribution in [1.82, 2.24) is 19.7 Å². The second-order valence-electron chi connectivity index (χ2n) is 8.64. The van der Waals surface area contributed by atoms with Crippen LogP contribution in [-0.2, 0) is 16.5 Å². The van der Waals surface area contributed by atoms with Crippen LogP contribution >= 0.6 is 11.6 Å². The molecule has 0 radical (unpaired) electrons. The first-order chi connectivity index (χ1) is 17.9. The number of benzene rings is 1. The van der Waals surface area contributed by atoms with Gasteiger partial charge in [0.15, 0.2) is 5.82 Å². The van der Waals surface area contributed by atoms with Gasteiger partial charge in [-0.05, 0) is 18.2 Å². The molecule has 1 N–H and O–H groups in total. The molecule has 0 spiro atoms. The van der Waals surface area contributed by atoms with Crippen LogP contribution in [0.25, 0.3) is 0 Å². The molecule has 2 fully saturated rings. The number of hydrogen-bond acceptors (Lipinski definition) is 8. The van der Waals surface area contributed by atoms with Gasteiger partial charge in [0.1, 0.15) is 22.6 Å². The minimum Gasteiger partial charge on any atom is -0.488 e. The maximum absolute atomic E-state index is 13.0. The number of carbonyl (C=O) groups is 2. The van der Waals surface area contributed by atoms with Crippen LogP contribution in [0.5, 0.6) is 17.4 Å². The maximum Gasteiger partial charge on any atom is 0.257 e. The number of nitrogens with zero attached hydrogens (tertiary/aromatic N) is 4. The number of aryl methyl sites for hydroxylation is 1. The second kappa shape index (κ2) is 11.2.